The van der Waals surface area contributed by atoms with Gasteiger partial charge in [-0.3, -0.25) is 0 Å². The van der Waals surface area contributed by atoms with Gasteiger partial charge < -0.3 is 4.74 Å². The first-order valence-electron chi connectivity index (χ1n) is 5.75. The lowest BCUT2D eigenvalue weighted by Crippen LogP contribution is -2.13. The summed E-state index contributed by atoms with van der Waals surface area (Å²) in [7, 11) is 6.40. The van der Waals surface area contributed by atoms with E-state index in [0.29, 0.717) is 12.1 Å². The Morgan fingerprint density at radius 2 is 1.38 bits per heavy atom. The Morgan fingerprint density at radius 1 is 0.857 bits per heavy atom. The Labute approximate surface area is 118 Å². The van der Waals surface area contributed by atoms with Crippen LogP contribution in [0.15, 0.2) is 12.1 Å². The standard InChI is InChI=1S/C14H8BF5O/c1-5-3-7(16)9(12(19)11(5)18)10-8(17)4-6(15)14(21-2)13(10)20/h3-4H,1-2H3. The van der Waals surface area contributed by atoms with Gasteiger partial charge in [0, 0.05) is 0 Å². The summed E-state index contributed by atoms with van der Waals surface area (Å²) < 4.78 is 74.0. The largest absolute Gasteiger partial charge is 0.494 e. The minimum absolute atomic E-state index is 0.322. The highest BCUT2D eigenvalue weighted by Crippen LogP contribution is 2.35. The number of hydrogen-bond donors (Lipinski definition) is 0. The quantitative estimate of drug-likeness (QED) is 0.470. The van der Waals surface area contributed by atoms with E-state index in [4.69, 9.17) is 7.85 Å². The van der Waals surface area contributed by atoms with Crippen molar-refractivity contribution < 1.29 is 26.7 Å². The molecular formula is C14H8BF5O. The molecule has 0 spiro atoms. The molecule has 0 N–H and O–H groups in total. The van der Waals surface area contributed by atoms with E-state index in [-0.39, 0.29) is 11.0 Å². The van der Waals surface area contributed by atoms with Crippen molar-refractivity contribution in [2.45, 2.75) is 6.92 Å². The Kier molecular flexibility index (Phi) is 3.94. The number of rotatable bonds is 2. The van der Waals surface area contributed by atoms with Crippen LogP contribution in [0.4, 0.5) is 22.0 Å². The molecule has 108 valence electrons. The number of halogens is 5. The van der Waals surface area contributed by atoms with Crippen molar-refractivity contribution in [2.24, 2.45) is 0 Å². The maximum atomic E-state index is 14.2. The lowest BCUT2D eigenvalue weighted by Gasteiger charge is -2.14. The van der Waals surface area contributed by atoms with E-state index in [1.807, 2.05) is 0 Å². The van der Waals surface area contributed by atoms with Crippen molar-refractivity contribution in [3.8, 4) is 16.9 Å². The van der Waals surface area contributed by atoms with Crippen LogP contribution in [0.5, 0.6) is 5.75 Å². The highest BCUT2D eigenvalue weighted by molar-refractivity contribution is 6.34. The Morgan fingerprint density at radius 3 is 1.95 bits per heavy atom. The Hall–Kier alpha value is -2.05. The third-order valence-corrected chi connectivity index (χ3v) is 3.00. The average Bonchev–Trinajstić information content (AvgIpc) is 2.40. The third kappa shape index (κ3) is 2.37. The van der Waals surface area contributed by atoms with Gasteiger partial charge in [0.2, 0.25) is 0 Å². The molecule has 0 aliphatic heterocycles. The van der Waals surface area contributed by atoms with Crippen molar-refractivity contribution in [2.75, 3.05) is 7.11 Å². The lowest BCUT2D eigenvalue weighted by atomic mass is 9.90. The molecule has 0 aliphatic rings. The van der Waals surface area contributed by atoms with Crippen molar-refractivity contribution in [1.82, 2.24) is 0 Å². The lowest BCUT2D eigenvalue weighted by molar-refractivity contribution is 0.388. The minimum Gasteiger partial charge on any atom is -0.494 e. The Balaban J connectivity index is 2.89. The maximum Gasteiger partial charge on any atom is 0.175 e. The van der Waals surface area contributed by atoms with E-state index in [0.717, 1.165) is 14.0 Å². The molecule has 0 aromatic heterocycles. The molecule has 0 bridgehead atoms. The van der Waals surface area contributed by atoms with Crippen molar-refractivity contribution in [3.63, 3.8) is 0 Å². The second-order valence-electron chi connectivity index (χ2n) is 4.35. The Bertz CT molecular complexity index is 730. The number of hydrogen-bond acceptors (Lipinski definition) is 1. The van der Waals surface area contributed by atoms with Crippen LogP contribution < -0.4 is 10.2 Å². The van der Waals surface area contributed by atoms with Gasteiger partial charge in [-0.1, -0.05) is 0 Å². The SMILES string of the molecule is [B]c1cc(F)c(-c2c(F)cc(C)c(F)c2F)c(F)c1OC. The zero-order valence-electron chi connectivity index (χ0n) is 11.0. The van der Waals surface area contributed by atoms with Gasteiger partial charge in [0.05, 0.1) is 18.2 Å². The minimum atomic E-state index is -1.68. The van der Waals surface area contributed by atoms with Gasteiger partial charge >= 0.3 is 0 Å². The number of ether oxygens (including phenoxy) is 1. The van der Waals surface area contributed by atoms with E-state index in [1.54, 1.807) is 0 Å². The number of aryl methyl sites for hydroxylation is 1. The van der Waals surface area contributed by atoms with Crippen LogP contribution >= 0.6 is 0 Å². The van der Waals surface area contributed by atoms with Crippen LogP contribution in [0.2, 0.25) is 0 Å². The molecule has 0 saturated heterocycles. The normalized spacial score (nSPS) is 10.8. The molecule has 0 saturated carbocycles. The van der Waals surface area contributed by atoms with Gasteiger partial charge in [-0.15, -0.1) is 0 Å². The first kappa shape index (κ1) is 15.3. The monoisotopic (exact) mass is 298 g/mol. The molecule has 0 fully saturated rings. The van der Waals surface area contributed by atoms with Crippen LogP contribution in [0.3, 0.4) is 0 Å². The molecule has 0 unspecified atom stereocenters. The van der Waals surface area contributed by atoms with E-state index < -0.39 is 46.0 Å². The van der Waals surface area contributed by atoms with E-state index in [2.05, 4.69) is 4.74 Å². The molecule has 0 atom stereocenters. The smallest absolute Gasteiger partial charge is 0.175 e. The van der Waals surface area contributed by atoms with Crippen LogP contribution in [0, 0.1) is 36.0 Å². The van der Waals surface area contributed by atoms with Crippen LogP contribution in [0.1, 0.15) is 5.56 Å². The third-order valence-electron chi connectivity index (χ3n) is 3.00. The molecular weight excluding hydrogens is 290 g/mol. The van der Waals surface area contributed by atoms with Crippen molar-refractivity contribution in [1.29, 1.82) is 0 Å². The van der Waals surface area contributed by atoms with Crippen LogP contribution in [-0.4, -0.2) is 15.0 Å². The molecule has 0 aliphatic carbocycles. The number of methoxy groups -OCH3 is 1. The van der Waals surface area contributed by atoms with E-state index in [9.17, 15) is 22.0 Å². The molecule has 2 aromatic carbocycles. The fourth-order valence-electron chi connectivity index (χ4n) is 2.00. The molecule has 2 rings (SSSR count). The number of benzene rings is 2. The molecule has 2 radical (unpaired) electrons. The molecule has 2 aromatic rings. The summed E-state index contributed by atoms with van der Waals surface area (Å²) >= 11 is 0. The van der Waals surface area contributed by atoms with Gasteiger partial charge in [0.15, 0.2) is 17.5 Å². The van der Waals surface area contributed by atoms with E-state index >= 15 is 0 Å². The summed E-state index contributed by atoms with van der Waals surface area (Å²) in [5, 5.41) is 0. The molecule has 21 heavy (non-hydrogen) atoms. The van der Waals surface area contributed by atoms with Crippen LogP contribution in [-0.2, 0) is 0 Å². The van der Waals surface area contributed by atoms with E-state index in [1.165, 1.54) is 0 Å². The zero-order valence-corrected chi connectivity index (χ0v) is 11.0. The second-order valence-corrected chi connectivity index (χ2v) is 4.35. The summed E-state index contributed by atoms with van der Waals surface area (Å²) in [6, 6.07) is 1.29. The predicted octanol–water partition coefficient (Wildman–Crippen LogP) is 3.16. The highest BCUT2D eigenvalue weighted by Gasteiger charge is 2.26. The summed E-state index contributed by atoms with van der Waals surface area (Å²) in [4.78, 5) is 0. The average molecular weight is 298 g/mol. The van der Waals surface area contributed by atoms with Gasteiger partial charge in [-0.25, -0.2) is 22.0 Å². The topological polar surface area (TPSA) is 9.23 Å². The van der Waals surface area contributed by atoms with Gasteiger partial charge in [0.25, 0.3) is 0 Å². The predicted molar refractivity (Wildman–Crippen MR) is 68.3 cm³/mol. The fourth-order valence-corrected chi connectivity index (χ4v) is 2.00. The van der Waals surface area contributed by atoms with Gasteiger partial charge in [0.1, 0.15) is 25.2 Å². The first-order valence-corrected chi connectivity index (χ1v) is 5.75. The van der Waals surface area contributed by atoms with Gasteiger partial charge in [-0.2, -0.15) is 0 Å². The molecule has 0 heterocycles. The van der Waals surface area contributed by atoms with Crippen molar-refractivity contribution >= 4 is 13.3 Å². The van der Waals surface area contributed by atoms with Gasteiger partial charge in [-0.05, 0) is 30.1 Å². The molecule has 1 nitrogen and oxygen atoms in total. The summed E-state index contributed by atoms with van der Waals surface area (Å²) in [5.74, 6) is -7.68. The maximum absolute atomic E-state index is 14.2. The fraction of sp³-hybridized carbons (Fsp3) is 0.143. The summed E-state index contributed by atoms with van der Waals surface area (Å²) in [5.41, 5.74) is -2.93. The summed E-state index contributed by atoms with van der Waals surface area (Å²) in [6.07, 6.45) is 0. The summed E-state index contributed by atoms with van der Waals surface area (Å²) in [6.45, 7) is 1.13. The van der Waals surface area contributed by atoms with Crippen molar-refractivity contribution in [3.05, 3.63) is 46.8 Å². The molecule has 7 heteroatoms. The zero-order chi connectivity index (χ0) is 15.9. The molecule has 0 amide bonds. The highest BCUT2D eigenvalue weighted by atomic mass is 19.2. The first-order chi connectivity index (χ1) is 9.79. The van der Waals surface area contributed by atoms with Crippen LogP contribution in [0.25, 0.3) is 11.1 Å². The second kappa shape index (κ2) is 5.39.